The minimum atomic E-state index is -0.391. The Morgan fingerprint density at radius 2 is 2.18 bits per heavy atom. The molecule has 0 saturated carbocycles. The number of hydrogen-bond donors (Lipinski definition) is 3. The monoisotopic (exact) mass is 313 g/mol. The lowest BCUT2D eigenvalue weighted by molar-refractivity contribution is 1.01. The van der Waals surface area contributed by atoms with E-state index in [1.165, 1.54) is 18.5 Å². The fourth-order valence-corrected chi connectivity index (χ4v) is 1.83. The third-order valence-electron chi connectivity index (χ3n) is 2.70. The number of anilines is 4. The summed E-state index contributed by atoms with van der Waals surface area (Å²) in [6.45, 7) is 8.63. The zero-order chi connectivity index (χ0) is 16.1. The minimum absolute atomic E-state index is 0.312. The van der Waals surface area contributed by atoms with E-state index in [0.29, 0.717) is 33.7 Å². The molecule has 0 aliphatic heterocycles. The van der Waals surface area contributed by atoms with Crippen LogP contribution in [0.1, 0.15) is 6.92 Å². The van der Waals surface area contributed by atoms with Crippen LogP contribution in [-0.2, 0) is 0 Å². The fourth-order valence-electron chi connectivity index (χ4n) is 1.63. The highest BCUT2D eigenvalue weighted by molar-refractivity contribution is 6.33. The van der Waals surface area contributed by atoms with Gasteiger partial charge in [-0.1, -0.05) is 11.6 Å². The summed E-state index contributed by atoms with van der Waals surface area (Å²) in [5.74, 6) is 0.845. The standard InChI is InChI=1S/C14H12ClN7/c1-8(5-16)21-12-4-13(19-7-11(12)17)22-14-10(15)3-9(18-2)6-20-14/h3-4,6-8H,17H2,1H3,(H2,19,20,21,22)/t8-/m1/s1. The van der Waals surface area contributed by atoms with Gasteiger partial charge in [0.2, 0.25) is 5.69 Å². The first-order valence-corrected chi connectivity index (χ1v) is 6.63. The van der Waals surface area contributed by atoms with Crippen molar-refractivity contribution >= 4 is 40.3 Å². The molecule has 0 radical (unpaired) electrons. The Bertz CT molecular complexity index is 776. The molecular formula is C14H12ClN7. The third kappa shape index (κ3) is 3.54. The molecule has 2 rings (SSSR count). The van der Waals surface area contributed by atoms with Gasteiger partial charge in [-0.05, 0) is 13.0 Å². The van der Waals surface area contributed by atoms with Gasteiger partial charge in [0.15, 0.2) is 0 Å². The molecule has 0 aromatic carbocycles. The maximum absolute atomic E-state index is 8.84. The van der Waals surface area contributed by atoms with Crippen LogP contribution in [0.5, 0.6) is 0 Å². The van der Waals surface area contributed by atoms with Crippen LogP contribution in [0.15, 0.2) is 24.5 Å². The molecule has 2 heterocycles. The van der Waals surface area contributed by atoms with Crippen LogP contribution in [0.25, 0.3) is 4.85 Å². The van der Waals surface area contributed by atoms with Crippen LogP contribution in [0.2, 0.25) is 5.02 Å². The van der Waals surface area contributed by atoms with Gasteiger partial charge < -0.3 is 16.4 Å². The zero-order valence-electron chi connectivity index (χ0n) is 11.6. The second-order valence-corrected chi connectivity index (χ2v) is 4.82. The van der Waals surface area contributed by atoms with E-state index in [2.05, 4.69) is 31.5 Å². The van der Waals surface area contributed by atoms with Crippen molar-refractivity contribution in [1.82, 2.24) is 9.97 Å². The van der Waals surface area contributed by atoms with E-state index in [1.807, 2.05) is 0 Å². The summed E-state index contributed by atoms with van der Waals surface area (Å²) in [7, 11) is 0. The summed E-state index contributed by atoms with van der Waals surface area (Å²) in [5.41, 5.74) is 7.18. The number of aromatic nitrogens is 2. The highest BCUT2D eigenvalue weighted by Crippen LogP contribution is 2.28. The number of nitrogen functional groups attached to an aromatic ring is 1. The van der Waals surface area contributed by atoms with E-state index in [0.717, 1.165) is 0 Å². The van der Waals surface area contributed by atoms with Crippen molar-refractivity contribution in [2.75, 3.05) is 16.4 Å². The Kier molecular flexibility index (Phi) is 4.62. The molecule has 1 atom stereocenters. The molecule has 0 aliphatic rings. The van der Waals surface area contributed by atoms with E-state index >= 15 is 0 Å². The average molecular weight is 314 g/mol. The summed E-state index contributed by atoms with van der Waals surface area (Å²) >= 11 is 6.06. The lowest BCUT2D eigenvalue weighted by atomic mass is 10.3. The predicted molar refractivity (Wildman–Crippen MR) is 86.1 cm³/mol. The summed E-state index contributed by atoms with van der Waals surface area (Å²) in [6, 6.07) is 4.84. The highest BCUT2D eigenvalue weighted by atomic mass is 35.5. The number of nitrogens with zero attached hydrogens (tertiary/aromatic N) is 4. The number of nitrogens with two attached hydrogens (primary N) is 1. The van der Waals surface area contributed by atoms with Gasteiger partial charge in [0, 0.05) is 12.3 Å². The molecule has 22 heavy (non-hydrogen) atoms. The van der Waals surface area contributed by atoms with Gasteiger partial charge in [0.05, 0.1) is 35.2 Å². The molecule has 8 heteroatoms. The molecule has 0 bridgehead atoms. The van der Waals surface area contributed by atoms with E-state index in [9.17, 15) is 0 Å². The van der Waals surface area contributed by atoms with E-state index in [-0.39, 0.29) is 0 Å². The molecule has 110 valence electrons. The molecule has 0 spiro atoms. The Balaban J connectivity index is 2.25. The first-order valence-electron chi connectivity index (χ1n) is 6.25. The van der Waals surface area contributed by atoms with Gasteiger partial charge in [0.1, 0.15) is 17.7 Å². The second-order valence-electron chi connectivity index (χ2n) is 4.41. The highest BCUT2D eigenvalue weighted by Gasteiger charge is 2.08. The molecular weight excluding hydrogens is 302 g/mol. The summed E-state index contributed by atoms with van der Waals surface area (Å²) in [5, 5.41) is 15.1. The largest absolute Gasteiger partial charge is 0.396 e. The van der Waals surface area contributed by atoms with E-state index in [4.69, 9.17) is 29.2 Å². The van der Waals surface area contributed by atoms with Crippen molar-refractivity contribution in [3.8, 4) is 6.07 Å². The first kappa shape index (κ1) is 15.4. The Morgan fingerprint density at radius 3 is 2.82 bits per heavy atom. The minimum Gasteiger partial charge on any atom is -0.396 e. The van der Waals surface area contributed by atoms with Crippen molar-refractivity contribution in [2.45, 2.75) is 13.0 Å². The van der Waals surface area contributed by atoms with Crippen LogP contribution < -0.4 is 16.4 Å². The average Bonchev–Trinajstić information content (AvgIpc) is 2.52. The number of pyridine rings is 2. The first-order chi connectivity index (χ1) is 10.5. The SMILES string of the molecule is [C-]#[N+]c1cnc(Nc2cc(N[C@H](C)C#N)c(N)cn2)c(Cl)c1. The van der Waals surface area contributed by atoms with Crippen molar-refractivity contribution in [3.05, 3.63) is 41.0 Å². The number of nitriles is 1. The number of nitrogens with one attached hydrogen (secondary N) is 2. The van der Waals surface area contributed by atoms with E-state index < -0.39 is 6.04 Å². The van der Waals surface area contributed by atoms with Crippen molar-refractivity contribution in [1.29, 1.82) is 5.26 Å². The van der Waals surface area contributed by atoms with Gasteiger partial charge >= 0.3 is 0 Å². The lowest BCUT2D eigenvalue weighted by Gasteiger charge is -2.13. The van der Waals surface area contributed by atoms with Crippen molar-refractivity contribution in [3.63, 3.8) is 0 Å². The van der Waals surface area contributed by atoms with Crippen molar-refractivity contribution < 1.29 is 0 Å². The Labute approximate surface area is 132 Å². The van der Waals surface area contributed by atoms with Gasteiger partial charge in [-0.3, -0.25) is 0 Å². The van der Waals surface area contributed by atoms with Crippen LogP contribution in [0, 0.1) is 17.9 Å². The van der Waals surface area contributed by atoms with Crippen LogP contribution in [0.3, 0.4) is 0 Å². The summed E-state index contributed by atoms with van der Waals surface area (Å²) in [6.07, 6.45) is 2.88. The topological polar surface area (TPSA) is 104 Å². The van der Waals surface area contributed by atoms with E-state index in [1.54, 1.807) is 13.0 Å². The van der Waals surface area contributed by atoms with Gasteiger partial charge in [-0.15, -0.1) is 0 Å². The molecule has 0 unspecified atom stereocenters. The molecule has 0 fully saturated rings. The maximum Gasteiger partial charge on any atom is 0.206 e. The third-order valence-corrected chi connectivity index (χ3v) is 2.99. The van der Waals surface area contributed by atoms with Gasteiger partial charge in [-0.25, -0.2) is 14.8 Å². The molecule has 0 aliphatic carbocycles. The Hall–Kier alpha value is -3.03. The molecule has 7 nitrogen and oxygen atoms in total. The quantitative estimate of drug-likeness (QED) is 0.748. The Morgan fingerprint density at radius 1 is 1.41 bits per heavy atom. The normalized spacial score (nSPS) is 11.1. The van der Waals surface area contributed by atoms with Crippen molar-refractivity contribution in [2.24, 2.45) is 0 Å². The fraction of sp³-hybridized carbons (Fsp3) is 0.143. The maximum atomic E-state index is 8.84. The van der Waals surface area contributed by atoms with Crippen LogP contribution >= 0.6 is 11.6 Å². The number of hydrogen-bond acceptors (Lipinski definition) is 6. The molecule has 2 aromatic rings. The number of rotatable bonds is 4. The summed E-state index contributed by atoms with van der Waals surface area (Å²) < 4.78 is 0. The second kappa shape index (κ2) is 6.61. The van der Waals surface area contributed by atoms with Crippen LogP contribution in [-0.4, -0.2) is 16.0 Å². The predicted octanol–water partition coefficient (Wildman–Crippen LogP) is 3.33. The molecule has 0 saturated heterocycles. The van der Waals surface area contributed by atoms with Crippen LogP contribution in [0.4, 0.5) is 28.7 Å². The zero-order valence-corrected chi connectivity index (χ0v) is 12.4. The molecule has 2 aromatic heterocycles. The van der Waals surface area contributed by atoms with Gasteiger partial charge in [-0.2, -0.15) is 5.26 Å². The lowest BCUT2D eigenvalue weighted by Crippen LogP contribution is -2.14. The smallest absolute Gasteiger partial charge is 0.206 e. The van der Waals surface area contributed by atoms with Gasteiger partial charge in [0.25, 0.3) is 0 Å². The molecule has 4 N–H and O–H groups in total. The summed E-state index contributed by atoms with van der Waals surface area (Å²) in [4.78, 5) is 11.5. The number of halogens is 1. The molecule has 0 amide bonds.